The highest BCUT2D eigenvalue weighted by atomic mass is 35.5. The van der Waals surface area contributed by atoms with Crippen molar-refractivity contribution in [3.05, 3.63) is 35.1 Å². The molecule has 0 bridgehead atoms. The minimum absolute atomic E-state index is 0.666. The molecule has 1 fully saturated rings. The van der Waals surface area contributed by atoms with Crippen molar-refractivity contribution in [1.29, 1.82) is 0 Å². The van der Waals surface area contributed by atoms with E-state index >= 15 is 0 Å². The van der Waals surface area contributed by atoms with Gasteiger partial charge in [0, 0.05) is 18.4 Å². The van der Waals surface area contributed by atoms with Gasteiger partial charge in [-0.05, 0) is 48.9 Å². The first-order valence-corrected chi connectivity index (χ1v) is 6.24. The number of nitrogens with zero attached hydrogens (tertiary/aromatic N) is 1. The van der Waals surface area contributed by atoms with Crippen LogP contribution in [0.5, 0.6) is 0 Å². The Kier molecular flexibility index (Phi) is 2.70. The average molecular weight is 235 g/mol. The fourth-order valence-corrected chi connectivity index (χ4v) is 2.95. The van der Waals surface area contributed by atoms with Gasteiger partial charge in [0.25, 0.3) is 0 Å². The van der Waals surface area contributed by atoms with Gasteiger partial charge in [-0.25, -0.2) is 0 Å². The third-order valence-electron chi connectivity index (χ3n) is 3.67. The second kappa shape index (κ2) is 4.19. The first-order chi connectivity index (χ1) is 7.83. The molecular formula is C13H15ClN2. The van der Waals surface area contributed by atoms with E-state index in [-0.39, 0.29) is 0 Å². The van der Waals surface area contributed by atoms with E-state index in [4.69, 9.17) is 11.6 Å². The van der Waals surface area contributed by atoms with Gasteiger partial charge in [-0.1, -0.05) is 17.7 Å². The Morgan fingerprint density at radius 1 is 1.38 bits per heavy atom. The normalized spacial score (nSPS) is 28.7. The topological polar surface area (TPSA) is 24.9 Å². The second-order valence-corrected chi connectivity index (χ2v) is 5.11. The molecule has 0 unspecified atom stereocenters. The van der Waals surface area contributed by atoms with E-state index in [2.05, 4.69) is 16.4 Å². The number of halogens is 1. The van der Waals surface area contributed by atoms with Gasteiger partial charge in [0.05, 0.1) is 5.02 Å². The maximum atomic E-state index is 5.97. The summed E-state index contributed by atoms with van der Waals surface area (Å²) in [7, 11) is 0. The Bertz CT molecular complexity index is 428. The third-order valence-corrected chi connectivity index (χ3v) is 3.88. The number of fused-ring (bicyclic) bond motifs is 1. The van der Waals surface area contributed by atoms with Crippen LogP contribution in [0.25, 0.3) is 5.57 Å². The Balaban J connectivity index is 1.85. The predicted octanol–water partition coefficient (Wildman–Crippen LogP) is 2.89. The molecule has 0 saturated carbocycles. The van der Waals surface area contributed by atoms with Gasteiger partial charge < -0.3 is 5.32 Å². The van der Waals surface area contributed by atoms with E-state index in [1.165, 1.54) is 30.5 Å². The highest BCUT2D eigenvalue weighted by Crippen LogP contribution is 2.34. The molecule has 1 aromatic heterocycles. The largest absolute Gasteiger partial charge is 0.313 e. The summed E-state index contributed by atoms with van der Waals surface area (Å²) < 4.78 is 0. The van der Waals surface area contributed by atoms with Crippen molar-refractivity contribution >= 4 is 17.2 Å². The minimum atomic E-state index is 0.666. The number of pyridine rings is 1. The van der Waals surface area contributed by atoms with Crippen molar-refractivity contribution in [1.82, 2.24) is 10.3 Å². The number of rotatable bonds is 1. The van der Waals surface area contributed by atoms with Crippen molar-refractivity contribution < 1.29 is 0 Å². The molecule has 3 heteroatoms. The van der Waals surface area contributed by atoms with E-state index in [9.17, 15) is 0 Å². The molecule has 1 saturated heterocycles. The molecule has 2 heterocycles. The predicted molar refractivity (Wildman–Crippen MR) is 66.4 cm³/mol. The van der Waals surface area contributed by atoms with Crippen LogP contribution in [-0.4, -0.2) is 17.6 Å². The molecule has 3 rings (SSSR count). The fraction of sp³-hybridized carbons (Fsp3) is 0.462. The summed E-state index contributed by atoms with van der Waals surface area (Å²) in [6.45, 7) is 1.17. The summed E-state index contributed by atoms with van der Waals surface area (Å²) in [4.78, 5) is 4.15. The summed E-state index contributed by atoms with van der Waals surface area (Å²) >= 11 is 5.97. The molecule has 1 aromatic rings. The van der Waals surface area contributed by atoms with Crippen molar-refractivity contribution in [3.8, 4) is 0 Å². The van der Waals surface area contributed by atoms with E-state index < -0.39 is 0 Å². The number of hydrogen-bond acceptors (Lipinski definition) is 2. The number of nitrogens with one attached hydrogen (secondary N) is 1. The molecule has 0 amide bonds. The number of aromatic nitrogens is 1. The number of hydrogen-bond donors (Lipinski definition) is 1. The van der Waals surface area contributed by atoms with Crippen LogP contribution in [0, 0.1) is 5.92 Å². The van der Waals surface area contributed by atoms with Crippen LogP contribution >= 0.6 is 11.6 Å². The maximum Gasteiger partial charge on any atom is 0.0595 e. The van der Waals surface area contributed by atoms with Crippen LogP contribution in [0.4, 0.5) is 0 Å². The summed E-state index contributed by atoms with van der Waals surface area (Å²) in [6.07, 6.45) is 9.59. The molecule has 0 aromatic carbocycles. The molecule has 0 radical (unpaired) electrons. The lowest BCUT2D eigenvalue weighted by molar-refractivity contribution is 0.445. The van der Waals surface area contributed by atoms with Crippen molar-refractivity contribution in [2.45, 2.75) is 25.3 Å². The Hall–Kier alpha value is -0.860. The SMILES string of the molecule is Clc1cncc(C2=CC[C@H]3CCN[C@H]3C2)c1. The second-order valence-electron chi connectivity index (χ2n) is 4.67. The van der Waals surface area contributed by atoms with Crippen molar-refractivity contribution in [3.63, 3.8) is 0 Å². The minimum Gasteiger partial charge on any atom is -0.313 e. The van der Waals surface area contributed by atoms with Crippen LogP contribution in [0.3, 0.4) is 0 Å². The van der Waals surface area contributed by atoms with E-state index in [1.54, 1.807) is 6.20 Å². The van der Waals surface area contributed by atoms with Crippen LogP contribution in [0.2, 0.25) is 5.02 Å². The molecular weight excluding hydrogens is 220 g/mol. The van der Waals surface area contributed by atoms with Gasteiger partial charge in [-0.2, -0.15) is 0 Å². The van der Waals surface area contributed by atoms with Gasteiger partial charge in [0.2, 0.25) is 0 Å². The molecule has 84 valence electrons. The zero-order valence-electron chi connectivity index (χ0n) is 9.12. The molecule has 1 N–H and O–H groups in total. The lowest BCUT2D eigenvalue weighted by atomic mass is 9.84. The standard InChI is InChI=1S/C13H15ClN2/c14-12-5-11(7-15-8-12)10-2-1-9-3-4-16-13(9)6-10/h2,5,7-9,13,16H,1,3-4,6H2/t9-,13-/m0/s1. The first-order valence-electron chi connectivity index (χ1n) is 5.86. The van der Waals surface area contributed by atoms with Crippen LogP contribution < -0.4 is 5.32 Å². The Morgan fingerprint density at radius 3 is 3.19 bits per heavy atom. The summed E-state index contributed by atoms with van der Waals surface area (Å²) in [5.74, 6) is 0.843. The highest BCUT2D eigenvalue weighted by Gasteiger charge is 2.29. The molecule has 2 nitrogen and oxygen atoms in total. The van der Waals surface area contributed by atoms with Gasteiger partial charge in [-0.3, -0.25) is 4.98 Å². The summed E-state index contributed by atoms with van der Waals surface area (Å²) in [5, 5.41) is 4.30. The molecule has 1 aliphatic carbocycles. The molecule has 2 aliphatic rings. The van der Waals surface area contributed by atoms with Crippen LogP contribution in [0.15, 0.2) is 24.5 Å². The molecule has 16 heavy (non-hydrogen) atoms. The van der Waals surface area contributed by atoms with E-state index in [0.717, 1.165) is 17.4 Å². The molecule has 1 aliphatic heterocycles. The summed E-state index contributed by atoms with van der Waals surface area (Å²) in [6, 6.07) is 2.68. The highest BCUT2D eigenvalue weighted by molar-refractivity contribution is 6.30. The van der Waals surface area contributed by atoms with Gasteiger partial charge in [0.15, 0.2) is 0 Å². The monoisotopic (exact) mass is 234 g/mol. The van der Waals surface area contributed by atoms with Gasteiger partial charge in [0.1, 0.15) is 0 Å². The number of allylic oxidation sites excluding steroid dienone is 1. The quantitative estimate of drug-likeness (QED) is 0.808. The van der Waals surface area contributed by atoms with Crippen molar-refractivity contribution in [2.24, 2.45) is 5.92 Å². The smallest absolute Gasteiger partial charge is 0.0595 e. The van der Waals surface area contributed by atoms with E-state index in [0.29, 0.717) is 6.04 Å². The third kappa shape index (κ3) is 1.87. The average Bonchev–Trinajstić information content (AvgIpc) is 2.75. The Morgan fingerprint density at radius 2 is 2.31 bits per heavy atom. The lowest BCUT2D eigenvalue weighted by Crippen LogP contribution is -2.29. The first kappa shape index (κ1) is 10.3. The Labute approximate surface area is 101 Å². The zero-order chi connectivity index (χ0) is 11.0. The molecule has 2 atom stereocenters. The maximum absolute atomic E-state index is 5.97. The van der Waals surface area contributed by atoms with Crippen molar-refractivity contribution in [2.75, 3.05) is 6.54 Å². The van der Waals surface area contributed by atoms with Crippen LogP contribution in [0.1, 0.15) is 24.8 Å². The fourth-order valence-electron chi connectivity index (χ4n) is 2.78. The lowest BCUT2D eigenvalue weighted by Gasteiger charge is -2.25. The van der Waals surface area contributed by atoms with Crippen LogP contribution in [-0.2, 0) is 0 Å². The summed E-state index contributed by atoms with van der Waals surface area (Å²) in [5.41, 5.74) is 2.57. The van der Waals surface area contributed by atoms with E-state index in [1.807, 2.05) is 12.3 Å². The van der Waals surface area contributed by atoms with Gasteiger partial charge >= 0.3 is 0 Å². The molecule has 0 spiro atoms. The zero-order valence-corrected chi connectivity index (χ0v) is 9.87. The van der Waals surface area contributed by atoms with Gasteiger partial charge in [-0.15, -0.1) is 0 Å².